The van der Waals surface area contributed by atoms with Crippen molar-refractivity contribution >= 4 is 15.8 Å². The largest absolute Gasteiger partial charge is 0.478 e. The van der Waals surface area contributed by atoms with Crippen molar-refractivity contribution in [3.8, 4) is 0 Å². The molecule has 1 aromatic heterocycles. The van der Waals surface area contributed by atoms with Crippen LogP contribution in [0.5, 0.6) is 0 Å². The Morgan fingerprint density at radius 3 is 2.33 bits per heavy atom. The Bertz CT molecular complexity index is 751. The van der Waals surface area contributed by atoms with E-state index < -0.39 is 21.6 Å². The molecule has 5 nitrogen and oxygen atoms in total. The van der Waals surface area contributed by atoms with Gasteiger partial charge in [0.1, 0.15) is 17.1 Å². The highest BCUT2D eigenvalue weighted by atomic mass is 32.2. The van der Waals surface area contributed by atoms with Crippen LogP contribution in [0.4, 0.5) is 0 Å². The van der Waals surface area contributed by atoms with E-state index in [1.54, 1.807) is 0 Å². The Hall–Kier alpha value is -2.08. The number of sulfone groups is 1. The van der Waals surface area contributed by atoms with Crippen LogP contribution in [-0.2, 0) is 21.3 Å². The Kier molecular flexibility index (Phi) is 4.18. The number of furan rings is 1. The molecule has 1 aromatic carbocycles. The van der Waals surface area contributed by atoms with E-state index in [0.717, 1.165) is 11.1 Å². The lowest BCUT2D eigenvalue weighted by molar-refractivity contribution is 0.0695. The van der Waals surface area contributed by atoms with E-state index in [4.69, 9.17) is 9.52 Å². The van der Waals surface area contributed by atoms with Gasteiger partial charge in [0.2, 0.25) is 0 Å². The summed E-state index contributed by atoms with van der Waals surface area (Å²) in [7, 11) is -3.50. The van der Waals surface area contributed by atoms with E-state index in [0.29, 0.717) is 5.56 Å². The molecule has 0 aliphatic carbocycles. The summed E-state index contributed by atoms with van der Waals surface area (Å²) in [6.45, 7) is 3.80. The second kappa shape index (κ2) is 5.73. The SMILES string of the molecule is Cc1cc(C)cc(CS(=O)(=O)Cc2occc2C(=O)O)c1. The number of hydrogen-bond donors (Lipinski definition) is 1. The quantitative estimate of drug-likeness (QED) is 0.918. The van der Waals surface area contributed by atoms with E-state index in [1.807, 2.05) is 32.0 Å². The fourth-order valence-electron chi connectivity index (χ4n) is 2.30. The Morgan fingerprint density at radius 1 is 1.14 bits per heavy atom. The molecule has 0 atom stereocenters. The topological polar surface area (TPSA) is 84.6 Å². The van der Waals surface area contributed by atoms with Crippen LogP contribution in [0.1, 0.15) is 32.8 Å². The molecule has 112 valence electrons. The lowest BCUT2D eigenvalue weighted by Crippen LogP contribution is -2.10. The molecule has 0 fully saturated rings. The van der Waals surface area contributed by atoms with Crippen LogP contribution in [0.2, 0.25) is 0 Å². The van der Waals surface area contributed by atoms with Gasteiger partial charge in [-0.15, -0.1) is 0 Å². The zero-order chi connectivity index (χ0) is 15.6. The van der Waals surface area contributed by atoms with Crippen LogP contribution in [0.15, 0.2) is 34.9 Å². The second-order valence-corrected chi connectivity index (χ2v) is 7.16. The van der Waals surface area contributed by atoms with Crippen molar-refractivity contribution in [1.29, 1.82) is 0 Å². The predicted octanol–water partition coefficient (Wildman–Crippen LogP) is 2.71. The first-order valence-electron chi connectivity index (χ1n) is 6.34. The highest BCUT2D eigenvalue weighted by Gasteiger charge is 2.21. The Labute approximate surface area is 123 Å². The number of aromatic carboxylic acids is 1. The molecule has 6 heteroatoms. The molecule has 0 saturated carbocycles. The molecule has 0 aliphatic heterocycles. The van der Waals surface area contributed by atoms with Gasteiger partial charge in [0.05, 0.1) is 12.0 Å². The molecule has 1 heterocycles. The monoisotopic (exact) mass is 308 g/mol. The highest BCUT2D eigenvalue weighted by molar-refractivity contribution is 7.89. The van der Waals surface area contributed by atoms with E-state index >= 15 is 0 Å². The van der Waals surface area contributed by atoms with Gasteiger partial charge in [-0.2, -0.15) is 0 Å². The van der Waals surface area contributed by atoms with Crippen LogP contribution in [0, 0.1) is 13.8 Å². The van der Waals surface area contributed by atoms with Gasteiger partial charge in [-0.05, 0) is 25.5 Å². The zero-order valence-electron chi connectivity index (χ0n) is 11.8. The molecule has 0 amide bonds. The van der Waals surface area contributed by atoms with Crippen LogP contribution in [0.3, 0.4) is 0 Å². The predicted molar refractivity (Wildman–Crippen MR) is 77.9 cm³/mol. The third-order valence-corrected chi connectivity index (χ3v) is 4.47. The van der Waals surface area contributed by atoms with Crippen molar-refractivity contribution in [2.24, 2.45) is 0 Å². The maximum atomic E-state index is 12.2. The molecule has 1 N–H and O–H groups in total. The maximum absolute atomic E-state index is 12.2. The molecule has 21 heavy (non-hydrogen) atoms. The van der Waals surface area contributed by atoms with Crippen molar-refractivity contribution in [2.45, 2.75) is 25.4 Å². The maximum Gasteiger partial charge on any atom is 0.339 e. The molecule has 0 spiro atoms. The molecule has 0 aliphatic rings. The Balaban J connectivity index is 2.22. The average Bonchev–Trinajstić information content (AvgIpc) is 2.73. The van der Waals surface area contributed by atoms with Crippen molar-refractivity contribution in [3.63, 3.8) is 0 Å². The van der Waals surface area contributed by atoms with E-state index in [9.17, 15) is 13.2 Å². The number of hydrogen-bond acceptors (Lipinski definition) is 4. The lowest BCUT2D eigenvalue weighted by atomic mass is 10.1. The average molecular weight is 308 g/mol. The summed E-state index contributed by atoms with van der Waals surface area (Å²) in [6.07, 6.45) is 1.19. The third-order valence-electron chi connectivity index (χ3n) is 2.99. The van der Waals surface area contributed by atoms with Gasteiger partial charge in [-0.1, -0.05) is 29.3 Å². The van der Waals surface area contributed by atoms with Crippen LogP contribution in [-0.4, -0.2) is 19.5 Å². The number of carbonyl (C=O) groups is 1. The van der Waals surface area contributed by atoms with E-state index in [2.05, 4.69) is 0 Å². The first-order valence-corrected chi connectivity index (χ1v) is 8.16. The zero-order valence-corrected chi connectivity index (χ0v) is 12.6. The number of rotatable bonds is 5. The fourth-order valence-corrected chi connectivity index (χ4v) is 3.70. The normalized spacial score (nSPS) is 11.5. The van der Waals surface area contributed by atoms with Crippen molar-refractivity contribution < 1.29 is 22.7 Å². The lowest BCUT2D eigenvalue weighted by Gasteiger charge is -2.06. The molecule has 0 bridgehead atoms. The van der Waals surface area contributed by atoms with Gasteiger partial charge < -0.3 is 9.52 Å². The van der Waals surface area contributed by atoms with Gasteiger partial charge in [-0.25, -0.2) is 13.2 Å². The number of carboxylic acid groups (broad SMARTS) is 1. The molecule has 2 rings (SSSR count). The number of aryl methyl sites for hydroxylation is 2. The summed E-state index contributed by atoms with van der Waals surface area (Å²) >= 11 is 0. The summed E-state index contributed by atoms with van der Waals surface area (Å²) < 4.78 is 29.4. The van der Waals surface area contributed by atoms with E-state index in [-0.39, 0.29) is 17.1 Å². The van der Waals surface area contributed by atoms with Crippen LogP contribution >= 0.6 is 0 Å². The summed E-state index contributed by atoms with van der Waals surface area (Å²) in [5.41, 5.74) is 2.56. The summed E-state index contributed by atoms with van der Waals surface area (Å²) in [4.78, 5) is 11.0. The van der Waals surface area contributed by atoms with Crippen LogP contribution in [0.25, 0.3) is 0 Å². The first-order chi connectivity index (χ1) is 9.77. The molecule has 0 saturated heterocycles. The summed E-state index contributed by atoms with van der Waals surface area (Å²) in [5.74, 6) is -1.79. The first kappa shape index (κ1) is 15.3. The molecule has 2 aromatic rings. The summed E-state index contributed by atoms with van der Waals surface area (Å²) in [5, 5.41) is 8.96. The number of carboxylic acids is 1. The second-order valence-electron chi connectivity index (χ2n) is 5.09. The van der Waals surface area contributed by atoms with Gasteiger partial charge >= 0.3 is 5.97 Å². The highest BCUT2D eigenvalue weighted by Crippen LogP contribution is 2.18. The summed E-state index contributed by atoms with van der Waals surface area (Å²) in [6, 6.07) is 6.84. The standard InChI is InChI=1S/C15H16O5S/c1-10-5-11(2)7-12(6-10)8-21(18,19)9-14-13(15(16)17)3-4-20-14/h3-7H,8-9H2,1-2H3,(H,16,17). The van der Waals surface area contributed by atoms with Gasteiger partial charge in [0.15, 0.2) is 9.84 Å². The third kappa shape index (κ3) is 3.95. The minimum absolute atomic E-state index is 0.0353. The van der Waals surface area contributed by atoms with Gasteiger partial charge in [-0.3, -0.25) is 0 Å². The van der Waals surface area contributed by atoms with Crippen LogP contribution < -0.4 is 0 Å². The smallest absolute Gasteiger partial charge is 0.339 e. The van der Waals surface area contributed by atoms with Gasteiger partial charge in [0, 0.05) is 0 Å². The molecular weight excluding hydrogens is 292 g/mol. The van der Waals surface area contributed by atoms with Gasteiger partial charge in [0.25, 0.3) is 0 Å². The molecule has 0 unspecified atom stereocenters. The van der Waals surface area contributed by atoms with E-state index in [1.165, 1.54) is 12.3 Å². The minimum atomic E-state index is -3.50. The molecule has 0 radical (unpaired) electrons. The van der Waals surface area contributed by atoms with Crippen molar-refractivity contribution in [2.75, 3.05) is 0 Å². The van der Waals surface area contributed by atoms with Crippen molar-refractivity contribution in [3.05, 3.63) is 58.5 Å². The minimum Gasteiger partial charge on any atom is -0.478 e. The fraction of sp³-hybridized carbons (Fsp3) is 0.267. The number of benzene rings is 1. The Morgan fingerprint density at radius 2 is 1.76 bits per heavy atom. The molecular formula is C15H16O5S. The van der Waals surface area contributed by atoms with Crippen molar-refractivity contribution in [1.82, 2.24) is 0 Å².